The largest absolute Gasteiger partial charge is 0.385 e. The molecule has 5 heteroatoms. The number of ether oxygens (including phenoxy) is 2. The summed E-state index contributed by atoms with van der Waals surface area (Å²) in [5.74, 6) is 0.903. The molecule has 0 aliphatic rings. The van der Waals surface area contributed by atoms with E-state index in [1.54, 1.807) is 14.2 Å². The molecule has 0 aliphatic carbocycles. The standard InChI is InChI=1S/C13H25N3O2/c1-10-8-16(12(3)6-7-17-4)13(14-10)15-11(2)9-18-5/h8,11-12H,6-7,9H2,1-5H3,(H,14,15). The maximum atomic E-state index is 5.13. The second-order valence-corrected chi connectivity index (χ2v) is 4.74. The average molecular weight is 255 g/mol. The number of imidazole rings is 1. The van der Waals surface area contributed by atoms with Gasteiger partial charge in [0.2, 0.25) is 5.95 Å². The van der Waals surface area contributed by atoms with Gasteiger partial charge in [0.05, 0.1) is 12.3 Å². The van der Waals surface area contributed by atoms with Crippen LogP contribution in [0.2, 0.25) is 0 Å². The quantitative estimate of drug-likeness (QED) is 0.774. The van der Waals surface area contributed by atoms with E-state index in [1.165, 1.54) is 0 Å². The lowest BCUT2D eigenvalue weighted by Gasteiger charge is -2.19. The smallest absolute Gasteiger partial charge is 0.203 e. The third-order valence-electron chi connectivity index (χ3n) is 2.86. The van der Waals surface area contributed by atoms with Crippen LogP contribution in [0.25, 0.3) is 0 Å². The number of hydrogen-bond acceptors (Lipinski definition) is 4. The Hall–Kier alpha value is -1.07. The predicted octanol–water partition coefficient (Wildman–Crippen LogP) is 2.24. The number of anilines is 1. The minimum Gasteiger partial charge on any atom is -0.385 e. The Morgan fingerprint density at radius 2 is 2.06 bits per heavy atom. The molecule has 0 aromatic carbocycles. The third-order valence-corrected chi connectivity index (χ3v) is 2.86. The van der Waals surface area contributed by atoms with Gasteiger partial charge >= 0.3 is 0 Å². The summed E-state index contributed by atoms with van der Waals surface area (Å²) in [4.78, 5) is 4.52. The maximum Gasteiger partial charge on any atom is 0.203 e. The van der Waals surface area contributed by atoms with E-state index in [0.29, 0.717) is 12.6 Å². The molecule has 0 saturated heterocycles. The first-order chi connectivity index (χ1) is 8.58. The first-order valence-corrected chi connectivity index (χ1v) is 6.38. The highest BCUT2D eigenvalue weighted by Crippen LogP contribution is 2.19. The molecule has 0 bridgehead atoms. The number of aromatic nitrogens is 2. The van der Waals surface area contributed by atoms with Crippen molar-refractivity contribution in [2.45, 2.75) is 39.3 Å². The Balaban J connectivity index is 2.72. The molecule has 2 atom stereocenters. The molecule has 0 amide bonds. The Bertz CT molecular complexity index is 352. The van der Waals surface area contributed by atoms with E-state index in [9.17, 15) is 0 Å². The van der Waals surface area contributed by atoms with Crippen molar-refractivity contribution in [3.63, 3.8) is 0 Å². The number of methoxy groups -OCH3 is 2. The zero-order valence-electron chi connectivity index (χ0n) is 12.1. The number of hydrogen-bond donors (Lipinski definition) is 1. The molecular weight excluding hydrogens is 230 g/mol. The van der Waals surface area contributed by atoms with Crippen molar-refractivity contribution >= 4 is 5.95 Å². The van der Waals surface area contributed by atoms with Crippen LogP contribution < -0.4 is 5.32 Å². The van der Waals surface area contributed by atoms with Crippen molar-refractivity contribution in [2.75, 3.05) is 32.8 Å². The van der Waals surface area contributed by atoms with Crippen molar-refractivity contribution in [3.8, 4) is 0 Å². The molecule has 1 aromatic rings. The molecule has 0 radical (unpaired) electrons. The van der Waals surface area contributed by atoms with E-state index >= 15 is 0 Å². The number of nitrogens with one attached hydrogen (secondary N) is 1. The fraction of sp³-hybridized carbons (Fsp3) is 0.769. The molecule has 5 nitrogen and oxygen atoms in total. The van der Waals surface area contributed by atoms with Crippen LogP contribution in [-0.2, 0) is 9.47 Å². The fourth-order valence-electron chi connectivity index (χ4n) is 1.90. The lowest BCUT2D eigenvalue weighted by molar-refractivity contribution is 0.180. The zero-order valence-corrected chi connectivity index (χ0v) is 12.1. The fourth-order valence-corrected chi connectivity index (χ4v) is 1.90. The van der Waals surface area contributed by atoms with Gasteiger partial charge in [-0.3, -0.25) is 0 Å². The highest BCUT2D eigenvalue weighted by molar-refractivity contribution is 5.30. The Morgan fingerprint density at radius 3 is 2.67 bits per heavy atom. The van der Waals surface area contributed by atoms with Crippen LogP contribution in [0.5, 0.6) is 0 Å². The number of rotatable bonds is 8. The number of nitrogens with zero attached hydrogens (tertiary/aromatic N) is 2. The molecule has 2 unspecified atom stereocenters. The SMILES string of the molecule is COCCC(C)n1cc(C)nc1NC(C)COC. The highest BCUT2D eigenvalue weighted by Gasteiger charge is 2.13. The summed E-state index contributed by atoms with van der Waals surface area (Å²) >= 11 is 0. The summed E-state index contributed by atoms with van der Waals surface area (Å²) in [5, 5.41) is 3.38. The van der Waals surface area contributed by atoms with Gasteiger partial charge < -0.3 is 19.4 Å². The molecular formula is C13H25N3O2. The normalized spacial score (nSPS) is 14.5. The van der Waals surface area contributed by atoms with Crippen LogP contribution in [0.3, 0.4) is 0 Å². The Labute approximate surface area is 109 Å². The van der Waals surface area contributed by atoms with Gasteiger partial charge in [-0.15, -0.1) is 0 Å². The average Bonchev–Trinajstić information content (AvgIpc) is 2.67. The summed E-state index contributed by atoms with van der Waals surface area (Å²) in [6.07, 6.45) is 3.04. The van der Waals surface area contributed by atoms with Crippen molar-refractivity contribution in [1.82, 2.24) is 9.55 Å². The lowest BCUT2D eigenvalue weighted by atomic mass is 10.2. The van der Waals surface area contributed by atoms with Crippen molar-refractivity contribution in [2.24, 2.45) is 0 Å². The minimum atomic E-state index is 0.241. The van der Waals surface area contributed by atoms with E-state index in [0.717, 1.165) is 24.7 Å². The van der Waals surface area contributed by atoms with Gasteiger partial charge in [-0.1, -0.05) is 0 Å². The van der Waals surface area contributed by atoms with Gasteiger partial charge in [-0.2, -0.15) is 0 Å². The second-order valence-electron chi connectivity index (χ2n) is 4.74. The Morgan fingerprint density at radius 1 is 1.33 bits per heavy atom. The van der Waals surface area contributed by atoms with Crippen LogP contribution in [0, 0.1) is 6.92 Å². The summed E-state index contributed by atoms with van der Waals surface area (Å²) in [6, 6.07) is 0.605. The van der Waals surface area contributed by atoms with Crippen molar-refractivity contribution in [3.05, 3.63) is 11.9 Å². The van der Waals surface area contributed by atoms with Crippen LogP contribution in [0.15, 0.2) is 6.20 Å². The molecule has 18 heavy (non-hydrogen) atoms. The summed E-state index contributed by atoms with van der Waals surface area (Å²) in [6.45, 7) is 7.68. The summed E-state index contributed by atoms with van der Waals surface area (Å²) in [7, 11) is 3.43. The molecule has 0 saturated carbocycles. The van der Waals surface area contributed by atoms with Crippen molar-refractivity contribution < 1.29 is 9.47 Å². The molecule has 1 rings (SSSR count). The van der Waals surface area contributed by atoms with Gasteiger partial charge in [0, 0.05) is 39.1 Å². The first-order valence-electron chi connectivity index (χ1n) is 6.38. The lowest BCUT2D eigenvalue weighted by Crippen LogP contribution is -2.24. The molecule has 1 heterocycles. The molecule has 1 aromatic heterocycles. The maximum absolute atomic E-state index is 5.13. The van der Waals surface area contributed by atoms with Crippen LogP contribution in [-0.4, -0.2) is 43.0 Å². The molecule has 0 fully saturated rings. The topological polar surface area (TPSA) is 48.3 Å². The van der Waals surface area contributed by atoms with E-state index in [-0.39, 0.29) is 6.04 Å². The van der Waals surface area contributed by atoms with E-state index in [4.69, 9.17) is 9.47 Å². The van der Waals surface area contributed by atoms with Gasteiger partial charge in [0.1, 0.15) is 0 Å². The van der Waals surface area contributed by atoms with Crippen LogP contribution in [0.4, 0.5) is 5.95 Å². The predicted molar refractivity (Wildman–Crippen MR) is 73.1 cm³/mol. The van der Waals surface area contributed by atoms with Crippen LogP contribution >= 0.6 is 0 Å². The molecule has 104 valence electrons. The summed E-state index contributed by atoms with van der Waals surface area (Å²) < 4.78 is 12.4. The third kappa shape index (κ3) is 4.31. The van der Waals surface area contributed by atoms with Gasteiger partial charge in [0.25, 0.3) is 0 Å². The zero-order chi connectivity index (χ0) is 13.5. The molecule has 0 spiro atoms. The molecule has 0 aliphatic heterocycles. The van der Waals surface area contributed by atoms with E-state index in [1.807, 2.05) is 6.92 Å². The summed E-state index contributed by atoms with van der Waals surface area (Å²) in [5.41, 5.74) is 1.02. The Kier molecular flexibility index (Phi) is 6.15. The number of aryl methyl sites for hydroxylation is 1. The minimum absolute atomic E-state index is 0.241. The van der Waals surface area contributed by atoms with E-state index < -0.39 is 0 Å². The van der Waals surface area contributed by atoms with Gasteiger partial charge in [-0.05, 0) is 27.2 Å². The second kappa shape index (κ2) is 7.38. The monoisotopic (exact) mass is 255 g/mol. The highest BCUT2D eigenvalue weighted by atomic mass is 16.5. The van der Waals surface area contributed by atoms with Crippen LogP contribution in [0.1, 0.15) is 32.0 Å². The van der Waals surface area contributed by atoms with Gasteiger partial charge in [-0.25, -0.2) is 4.98 Å². The molecule has 1 N–H and O–H groups in total. The van der Waals surface area contributed by atoms with Gasteiger partial charge in [0.15, 0.2) is 0 Å². The van der Waals surface area contributed by atoms with Crippen molar-refractivity contribution in [1.29, 1.82) is 0 Å². The van der Waals surface area contributed by atoms with E-state index in [2.05, 4.69) is 34.9 Å². The first kappa shape index (κ1) is 15.0.